The summed E-state index contributed by atoms with van der Waals surface area (Å²) in [6.45, 7) is 2.07. The first-order valence-electron chi connectivity index (χ1n) is 12.1. The van der Waals surface area contributed by atoms with E-state index in [-0.39, 0.29) is 29.6 Å². The molecule has 9 nitrogen and oxygen atoms in total. The van der Waals surface area contributed by atoms with Crippen molar-refractivity contribution in [2.24, 2.45) is 7.05 Å². The first-order chi connectivity index (χ1) is 18.5. The molecule has 0 unspecified atom stereocenters. The smallest absolute Gasteiger partial charge is 0.416 e. The van der Waals surface area contributed by atoms with E-state index in [2.05, 4.69) is 26.0 Å². The van der Waals surface area contributed by atoms with E-state index in [1.165, 1.54) is 30.0 Å². The SMILES string of the molecule is COc1c(CNC2CC2)cc(C(F)(F)F)cc1NC(=O)c1ccc(Cl)c(-n2cc(-c3cnn(C)c3C)nn2)c1. The Kier molecular flexibility index (Phi) is 7.08. The number of halogens is 4. The molecule has 0 saturated heterocycles. The second kappa shape index (κ2) is 10.3. The van der Waals surface area contributed by atoms with Gasteiger partial charge in [-0.05, 0) is 50.1 Å². The normalized spacial score (nSPS) is 13.5. The van der Waals surface area contributed by atoms with E-state index in [1.54, 1.807) is 17.1 Å². The van der Waals surface area contributed by atoms with Gasteiger partial charge in [0.2, 0.25) is 0 Å². The molecule has 1 amide bonds. The number of hydrogen-bond acceptors (Lipinski definition) is 6. The van der Waals surface area contributed by atoms with Gasteiger partial charge in [0.1, 0.15) is 11.4 Å². The number of anilines is 1. The molecule has 1 aliphatic rings. The predicted octanol–water partition coefficient (Wildman–Crippen LogP) is 5.16. The molecule has 0 spiro atoms. The number of rotatable bonds is 8. The Balaban J connectivity index is 1.45. The summed E-state index contributed by atoms with van der Waals surface area (Å²) in [5.41, 5.74) is 2.09. The number of alkyl halides is 3. The van der Waals surface area contributed by atoms with E-state index < -0.39 is 17.6 Å². The van der Waals surface area contributed by atoms with Gasteiger partial charge < -0.3 is 15.4 Å². The number of ether oxygens (including phenoxy) is 1. The zero-order chi connectivity index (χ0) is 27.9. The predicted molar refractivity (Wildman–Crippen MR) is 139 cm³/mol. The third-order valence-electron chi connectivity index (χ3n) is 6.56. The van der Waals surface area contributed by atoms with Gasteiger partial charge in [0.25, 0.3) is 5.91 Å². The van der Waals surface area contributed by atoms with Gasteiger partial charge in [-0.2, -0.15) is 18.3 Å². The first kappa shape index (κ1) is 26.7. The minimum absolute atomic E-state index is 0.0866. The van der Waals surface area contributed by atoms with E-state index in [1.807, 2.05) is 14.0 Å². The van der Waals surface area contributed by atoms with Gasteiger partial charge in [0.05, 0.1) is 41.5 Å². The highest BCUT2D eigenvalue weighted by Gasteiger charge is 2.33. The number of nitrogens with zero attached hydrogens (tertiary/aromatic N) is 5. The number of amides is 1. The van der Waals surface area contributed by atoms with Gasteiger partial charge in [-0.15, -0.1) is 5.10 Å². The zero-order valence-electron chi connectivity index (χ0n) is 21.3. The van der Waals surface area contributed by atoms with Gasteiger partial charge in [-0.25, -0.2) is 4.68 Å². The molecule has 2 aromatic heterocycles. The maximum Gasteiger partial charge on any atom is 0.416 e. The largest absolute Gasteiger partial charge is 0.494 e. The Hall–Kier alpha value is -3.90. The fraction of sp³-hybridized carbons (Fsp3) is 0.308. The third kappa shape index (κ3) is 5.62. The fourth-order valence-corrected chi connectivity index (χ4v) is 4.34. The van der Waals surface area contributed by atoms with Crippen molar-refractivity contribution in [1.29, 1.82) is 0 Å². The Labute approximate surface area is 226 Å². The van der Waals surface area contributed by atoms with Crippen LogP contribution >= 0.6 is 11.6 Å². The summed E-state index contributed by atoms with van der Waals surface area (Å²) in [4.78, 5) is 13.2. The lowest BCUT2D eigenvalue weighted by Crippen LogP contribution is -2.19. The minimum atomic E-state index is -4.61. The van der Waals surface area contributed by atoms with E-state index in [4.69, 9.17) is 16.3 Å². The summed E-state index contributed by atoms with van der Waals surface area (Å²) in [5, 5.41) is 18.6. The monoisotopic (exact) mass is 559 g/mol. The van der Waals surface area contributed by atoms with E-state index in [9.17, 15) is 18.0 Å². The summed E-state index contributed by atoms with van der Waals surface area (Å²) in [6.07, 6.45) is 0.663. The average Bonchev–Trinajstić information content (AvgIpc) is 3.50. The lowest BCUT2D eigenvalue weighted by Gasteiger charge is -2.18. The molecular formula is C26H25ClF3N7O2. The fourth-order valence-electron chi connectivity index (χ4n) is 4.14. The second-order valence-electron chi connectivity index (χ2n) is 9.31. The van der Waals surface area contributed by atoms with Crippen LogP contribution in [0.2, 0.25) is 5.02 Å². The Morgan fingerprint density at radius 3 is 2.64 bits per heavy atom. The Bertz CT molecular complexity index is 1540. The Morgan fingerprint density at radius 2 is 2.00 bits per heavy atom. The topological polar surface area (TPSA) is 98.9 Å². The van der Waals surface area contributed by atoms with Crippen LogP contribution in [-0.4, -0.2) is 43.8 Å². The van der Waals surface area contributed by atoms with Crippen molar-refractivity contribution in [3.63, 3.8) is 0 Å². The van der Waals surface area contributed by atoms with Gasteiger partial charge in [0.15, 0.2) is 0 Å². The van der Waals surface area contributed by atoms with Crippen LogP contribution in [-0.2, 0) is 19.8 Å². The lowest BCUT2D eigenvalue weighted by molar-refractivity contribution is -0.137. The molecule has 2 aromatic carbocycles. The summed E-state index contributed by atoms with van der Waals surface area (Å²) >= 11 is 6.40. The number of carbonyl (C=O) groups excluding carboxylic acids is 1. The number of hydrogen-bond donors (Lipinski definition) is 2. The molecule has 0 radical (unpaired) electrons. The van der Waals surface area contributed by atoms with Crippen LogP contribution in [0.4, 0.5) is 18.9 Å². The van der Waals surface area contributed by atoms with Crippen LogP contribution in [0, 0.1) is 6.92 Å². The highest BCUT2D eigenvalue weighted by molar-refractivity contribution is 6.32. The molecule has 1 fully saturated rings. The van der Waals surface area contributed by atoms with Crippen LogP contribution in [0.5, 0.6) is 5.75 Å². The number of benzene rings is 2. The van der Waals surface area contributed by atoms with Gasteiger partial charge in [-0.1, -0.05) is 16.8 Å². The number of aryl methyl sites for hydroxylation is 1. The lowest BCUT2D eigenvalue weighted by atomic mass is 10.1. The van der Waals surface area contributed by atoms with Crippen molar-refractivity contribution in [3.05, 3.63) is 70.1 Å². The number of nitrogens with one attached hydrogen (secondary N) is 2. The molecule has 1 saturated carbocycles. The van der Waals surface area contributed by atoms with Crippen LogP contribution in [0.15, 0.2) is 42.7 Å². The first-order valence-corrected chi connectivity index (χ1v) is 12.5. The highest BCUT2D eigenvalue weighted by Crippen LogP contribution is 2.38. The molecule has 0 bridgehead atoms. The molecule has 13 heteroatoms. The highest BCUT2D eigenvalue weighted by atomic mass is 35.5. The van der Waals surface area contributed by atoms with Gasteiger partial charge in [-0.3, -0.25) is 9.48 Å². The second-order valence-corrected chi connectivity index (χ2v) is 9.71. The van der Waals surface area contributed by atoms with E-state index >= 15 is 0 Å². The Morgan fingerprint density at radius 1 is 1.23 bits per heavy atom. The van der Waals surface area contributed by atoms with Crippen molar-refractivity contribution in [1.82, 2.24) is 30.1 Å². The van der Waals surface area contributed by atoms with Gasteiger partial charge >= 0.3 is 6.18 Å². The molecule has 2 N–H and O–H groups in total. The summed E-state index contributed by atoms with van der Waals surface area (Å²) in [6, 6.07) is 6.65. The molecule has 204 valence electrons. The third-order valence-corrected chi connectivity index (χ3v) is 6.88. The van der Waals surface area contributed by atoms with Crippen LogP contribution in [0.25, 0.3) is 16.9 Å². The van der Waals surface area contributed by atoms with Crippen LogP contribution in [0.3, 0.4) is 0 Å². The van der Waals surface area contributed by atoms with Crippen molar-refractivity contribution in [3.8, 4) is 22.7 Å². The zero-order valence-corrected chi connectivity index (χ0v) is 22.1. The quantitative estimate of drug-likeness (QED) is 0.309. The van der Waals surface area contributed by atoms with Crippen LogP contribution < -0.4 is 15.4 Å². The number of methoxy groups -OCH3 is 1. The van der Waals surface area contributed by atoms with Crippen molar-refractivity contribution in [2.45, 2.75) is 38.5 Å². The maximum atomic E-state index is 13.7. The van der Waals surface area contributed by atoms with Crippen molar-refractivity contribution >= 4 is 23.2 Å². The molecule has 4 aromatic rings. The molecule has 39 heavy (non-hydrogen) atoms. The molecule has 0 atom stereocenters. The molecule has 5 rings (SSSR count). The molecular weight excluding hydrogens is 535 g/mol. The molecule has 1 aliphatic carbocycles. The summed E-state index contributed by atoms with van der Waals surface area (Å²) in [7, 11) is 3.17. The number of aromatic nitrogens is 5. The maximum absolute atomic E-state index is 13.7. The van der Waals surface area contributed by atoms with Crippen molar-refractivity contribution < 1.29 is 22.7 Å². The summed E-state index contributed by atoms with van der Waals surface area (Å²) in [5.74, 6) is -0.485. The standard InChI is InChI=1S/C26H25ClF3N7O2/c1-14-19(12-32-36(14)2)22-13-37(35-34-22)23-9-15(4-7-20(23)27)25(38)33-21-10-17(26(28,29)30)8-16(24(21)39-3)11-31-18-5-6-18/h4,7-10,12-13,18,31H,5-6,11H2,1-3H3,(H,33,38). The molecule has 0 aliphatic heterocycles. The van der Waals surface area contributed by atoms with Crippen LogP contribution in [0.1, 0.15) is 40.0 Å². The minimum Gasteiger partial charge on any atom is -0.494 e. The van der Waals surface area contributed by atoms with E-state index in [0.29, 0.717) is 22.0 Å². The van der Waals surface area contributed by atoms with E-state index in [0.717, 1.165) is 36.2 Å². The average molecular weight is 560 g/mol. The van der Waals surface area contributed by atoms with Gasteiger partial charge in [0, 0.05) is 42.0 Å². The van der Waals surface area contributed by atoms with Crippen molar-refractivity contribution in [2.75, 3.05) is 12.4 Å². The summed E-state index contributed by atoms with van der Waals surface area (Å²) < 4.78 is 49.6. The molecule has 2 heterocycles. The number of carbonyl (C=O) groups is 1.